The number of likely N-dealkylation sites (tertiary alicyclic amines) is 1. The van der Waals surface area contributed by atoms with Crippen molar-refractivity contribution in [2.45, 2.75) is 37.8 Å². The number of carbonyl (C=O) groups is 4. The molecule has 1 saturated heterocycles. The zero-order valence-electron chi connectivity index (χ0n) is 22.0. The van der Waals surface area contributed by atoms with E-state index in [0.29, 0.717) is 40.5 Å². The highest BCUT2D eigenvalue weighted by molar-refractivity contribution is 6.38. The van der Waals surface area contributed by atoms with Gasteiger partial charge in [0.1, 0.15) is 6.04 Å². The molecule has 0 spiro atoms. The van der Waals surface area contributed by atoms with Crippen molar-refractivity contribution < 1.29 is 37.4 Å². The van der Waals surface area contributed by atoms with E-state index in [-0.39, 0.29) is 17.1 Å². The van der Waals surface area contributed by atoms with Crippen molar-refractivity contribution in [3.05, 3.63) is 65.0 Å². The molecular weight excluding hydrogens is 550 g/mol. The minimum absolute atomic E-state index is 0.0409. The molecule has 40 heavy (non-hydrogen) atoms. The molecule has 1 aromatic carbocycles. The zero-order chi connectivity index (χ0) is 29.4. The lowest BCUT2D eigenvalue weighted by Gasteiger charge is -2.23. The number of nitrogens with zero attached hydrogens (tertiary/aromatic N) is 2. The Labute approximate surface area is 234 Å². The monoisotopic (exact) mass is 578 g/mol. The Kier molecular flexibility index (Phi) is 10.2. The van der Waals surface area contributed by atoms with Gasteiger partial charge < -0.3 is 25.0 Å². The number of methoxy groups -OCH3 is 2. The molecular formula is C27H29ClF2N4O6. The van der Waals surface area contributed by atoms with Crippen LogP contribution in [0.3, 0.4) is 0 Å². The number of alkyl halides is 2. The first-order valence-corrected chi connectivity index (χ1v) is 12.6. The van der Waals surface area contributed by atoms with E-state index in [1.54, 1.807) is 24.3 Å². The van der Waals surface area contributed by atoms with Gasteiger partial charge >= 0.3 is 0 Å². The second kappa shape index (κ2) is 13.3. The molecule has 1 aliphatic rings. The van der Waals surface area contributed by atoms with Gasteiger partial charge in [0.05, 0.1) is 37.9 Å². The van der Waals surface area contributed by atoms with E-state index in [9.17, 15) is 28.0 Å². The van der Waals surface area contributed by atoms with Crippen LogP contribution in [0.5, 0.6) is 11.5 Å². The maximum atomic E-state index is 14.3. The number of Topliss-reactive ketones (excluding diaryl/α,β-unsaturated/α-hetero) is 1. The van der Waals surface area contributed by atoms with Crippen molar-refractivity contribution >= 4 is 35.1 Å². The third kappa shape index (κ3) is 7.53. The standard InChI is InChI=1S/C27H29ClF2N4O6/c1-4-5-6-17-10-18(19(28)13-31-17)25(37)33-14-23(35)34-15-27(29,30)11-20(34)24(36)26(38)32-12-16-7-8-21(39-2)22(9-16)40-3/h4,7-10,13,20H,1,5-6,11-12,14-15H2,2-3H3,(H,32,38)(H,33,37)/t20-/m0/s1. The average Bonchev–Trinajstić information content (AvgIpc) is 3.28. The Morgan fingerprint density at radius 2 is 1.90 bits per heavy atom. The molecule has 2 aromatic rings. The number of carbonyl (C=O) groups excluding carboxylic acids is 4. The van der Waals surface area contributed by atoms with Crippen LogP contribution in [0.4, 0.5) is 8.78 Å². The van der Waals surface area contributed by atoms with Gasteiger partial charge in [-0.1, -0.05) is 23.7 Å². The topological polar surface area (TPSA) is 127 Å². The fourth-order valence-electron chi connectivity index (χ4n) is 4.12. The summed E-state index contributed by atoms with van der Waals surface area (Å²) in [5.74, 6) is -6.52. The van der Waals surface area contributed by atoms with Crippen LogP contribution in [-0.2, 0) is 27.3 Å². The first-order valence-electron chi connectivity index (χ1n) is 12.2. The Bertz CT molecular complexity index is 1310. The van der Waals surface area contributed by atoms with E-state index in [4.69, 9.17) is 21.1 Å². The highest BCUT2D eigenvalue weighted by atomic mass is 35.5. The number of allylic oxidation sites excluding steroid dienone is 1. The van der Waals surface area contributed by atoms with Gasteiger partial charge in [0.15, 0.2) is 11.5 Å². The van der Waals surface area contributed by atoms with Gasteiger partial charge in [-0.05, 0) is 36.6 Å². The Balaban J connectivity index is 1.64. The van der Waals surface area contributed by atoms with E-state index in [0.717, 1.165) is 0 Å². The van der Waals surface area contributed by atoms with Crippen LogP contribution >= 0.6 is 11.6 Å². The van der Waals surface area contributed by atoms with Crippen molar-refractivity contribution in [3.8, 4) is 11.5 Å². The van der Waals surface area contributed by atoms with Crippen LogP contribution in [0.1, 0.15) is 34.5 Å². The summed E-state index contributed by atoms with van der Waals surface area (Å²) in [6, 6.07) is 4.59. The fourth-order valence-corrected chi connectivity index (χ4v) is 4.31. The molecule has 0 unspecified atom stereocenters. The first kappa shape index (κ1) is 30.5. The number of aryl methyl sites for hydroxylation is 1. The van der Waals surface area contributed by atoms with Gasteiger partial charge in [0.25, 0.3) is 17.7 Å². The van der Waals surface area contributed by atoms with Crippen LogP contribution in [0.2, 0.25) is 5.02 Å². The van der Waals surface area contributed by atoms with Crippen molar-refractivity contribution in [1.82, 2.24) is 20.5 Å². The predicted molar refractivity (Wildman–Crippen MR) is 142 cm³/mol. The molecule has 1 atom stereocenters. The third-order valence-corrected chi connectivity index (χ3v) is 6.48. The second-order valence-electron chi connectivity index (χ2n) is 9.00. The molecule has 10 nitrogen and oxygen atoms in total. The molecule has 3 rings (SSSR count). The number of ketones is 1. The van der Waals surface area contributed by atoms with Crippen LogP contribution in [0, 0.1) is 0 Å². The maximum absolute atomic E-state index is 14.3. The molecule has 0 bridgehead atoms. The average molecular weight is 579 g/mol. The molecule has 2 N–H and O–H groups in total. The molecule has 13 heteroatoms. The van der Waals surface area contributed by atoms with Gasteiger partial charge in [-0.3, -0.25) is 24.2 Å². The van der Waals surface area contributed by atoms with Gasteiger partial charge in [0, 0.05) is 24.9 Å². The highest BCUT2D eigenvalue weighted by Crippen LogP contribution is 2.33. The summed E-state index contributed by atoms with van der Waals surface area (Å²) in [5.41, 5.74) is 1.19. The lowest BCUT2D eigenvalue weighted by molar-refractivity contribution is -0.144. The van der Waals surface area contributed by atoms with Crippen LogP contribution in [0.15, 0.2) is 43.1 Å². The number of hydrogen-bond donors (Lipinski definition) is 2. The van der Waals surface area contributed by atoms with E-state index >= 15 is 0 Å². The summed E-state index contributed by atoms with van der Waals surface area (Å²) in [6.45, 7) is 1.77. The van der Waals surface area contributed by atoms with Crippen LogP contribution in [0.25, 0.3) is 0 Å². The number of halogens is 3. The molecule has 3 amide bonds. The summed E-state index contributed by atoms with van der Waals surface area (Å²) in [6.07, 6.45) is 3.11. The maximum Gasteiger partial charge on any atom is 0.289 e. The zero-order valence-corrected chi connectivity index (χ0v) is 22.7. The fraction of sp³-hybridized carbons (Fsp3) is 0.370. The van der Waals surface area contributed by atoms with Crippen molar-refractivity contribution in [2.75, 3.05) is 27.3 Å². The summed E-state index contributed by atoms with van der Waals surface area (Å²) in [4.78, 5) is 55.6. The van der Waals surface area contributed by atoms with Crippen LogP contribution < -0.4 is 20.1 Å². The Morgan fingerprint density at radius 3 is 2.58 bits per heavy atom. The Morgan fingerprint density at radius 1 is 1.18 bits per heavy atom. The van der Waals surface area contributed by atoms with Gasteiger partial charge in [-0.25, -0.2) is 8.78 Å². The molecule has 0 aliphatic carbocycles. The summed E-state index contributed by atoms with van der Waals surface area (Å²) in [5, 5.41) is 4.77. The minimum atomic E-state index is -3.39. The van der Waals surface area contributed by atoms with Gasteiger partial charge in [0.2, 0.25) is 11.7 Å². The third-order valence-electron chi connectivity index (χ3n) is 6.18. The smallest absolute Gasteiger partial charge is 0.289 e. The molecule has 0 saturated carbocycles. The lowest BCUT2D eigenvalue weighted by atomic mass is 10.1. The van der Waals surface area contributed by atoms with Gasteiger partial charge in [-0.2, -0.15) is 0 Å². The number of nitrogens with one attached hydrogen (secondary N) is 2. The van der Waals surface area contributed by atoms with Crippen molar-refractivity contribution in [1.29, 1.82) is 0 Å². The molecule has 0 radical (unpaired) electrons. The highest BCUT2D eigenvalue weighted by Gasteiger charge is 2.51. The van der Waals surface area contributed by atoms with E-state index < -0.39 is 55.0 Å². The molecule has 2 heterocycles. The summed E-state index contributed by atoms with van der Waals surface area (Å²) >= 11 is 6.07. The number of aromatic nitrogens is 1. The minimum Gasteiger partial charge on any atom is -0.493 e. The summed E-state index contributed by atoms with van der Waals surface area (Å²) in [7, 11) is 2.90. The van der Waals surface area contributed by atoms with Crippen molar-refractivity contribution in [3.63, 3.8) is 0 Å². The number of pyridine rings is 1. The SMILES string of the molecule is C=CCCc1cc(C(=O)NCC(=O)N2CC(F)(F)C[C@H]2C(=O)C(=O)NCc2ccc(OC)c(OC)c2)c(Cl)cn1. The predicted octanol–water partition coefficient (Wildman–Crippen LogP) is 2.72. The molecule has 1 aromatic heterocycles. The van der Waals surface area contributed by atoms with Crippen molar-refractivity contribution in [2.24, 2.45) is 0 Å². The molecule has 1 fully saturated rings. The Hall–Kier alpha value is -4.06. The normalized spacial score (nSPS) is 15.7. The number of ether oxygens (including phenoxy) is 2. The number of amides is 3. The number of hydrogen-bond acceptors (Lipinski definition) is 7. The lowest BCUT2D eigenvalue weighted by Crippen LogP contribution is -2.49. The van der Waals surface area contributed by atoms with E-state index in [1.807, 2.05) is 0 Å². The first-order chi connectivity index (χ1) is 19.0. The number of benzene rings is 1. The van der Waals surface area contributed by atoms with Crippen LogP contribution in [-0.4, -0.2) is 72.7 Å². The van der Waals surface area contributed by atoms with E-state index in [1.165, 1.54) is 26.5 Å². The molecule has 214 valence electrons. The quantitative estimate of drug-likeness (QED) is 0.293. The summed E-state index contributed by atoms with van der Waals surface area (Å²) < 4.78 is 38.9. The number of rotatable bonds is 12. The second-order valence-corrected chi connectivity index (χ2v) is 9.41. The van der Waals surface area contributed by atoms with Gasteiger partial charge in [-0.15, -0.1) is 6.58 Å². The largest absolute Gasteiger partial charge is 0.493 e. The van der Waals surface area contributed by atoms with E-state index in [2.05, 4.69) is 22.2 Å². The molecule has 1 aliphatic heterocycles.